The molecule has 0 spiro atoms. The number of rotatable bonds is 6. The molecular formula is C28H20N2O4S. The van der Waals surface area contributed by atoms with Crippen molar-refractivity contribution in [1.29, 1.82) is 0 Å². The summed E-state index contributed by atoms with van der Waals surface area (Å²) in [6.07, 6.45) is 1.43. The van der Waals surface area contributed by atoms with Crippen LogP contribution in [0.3, 0.4) is 0 Å². The molecule has 5 rings (SSSR count). The van der Waals surface area contributed by atoms with Crippen molar-refractivity contribution in [3.8, 4) is 5.75 Å². The van der Waals surface area contributed by atoms with Crippen LogP contribution >= 0.6 is 0 Å². The smallest absolute Gasteiger partial charge is 0.339 e. The fourth-order valence-corrected chi connectivity index (χ4v) is 4.66. The summed E-state index contributed by atoms with van der Waals surface area (Å²) in [7, 11) is -4.02. The molecule has 0 aliphatic heterocycles. The Kier molecular flexibility index (Phi) is 5.99. The number of hydrogen-bond donors (Lipinski definition) is 1. The van der Waals surface area contributed by atoms with Crippen molar-refractivity contribution in [3.63, 3.8) is 0 Å². The number of carbonyl (C=O) groups excluding carboxylic acids is 1. The molecule has 35 heavy (non-hydrogen) atoms. The maximum Gasteiger partial charge on any atom is 0.339 e. The molecule has 172 valence electrons. The molecule has 7 heteroatoms. The zero-order valence-electron chi connectivity index (χ0n) is 18.5. The van der Waals surface area contributed by atoms with E-state index in [1.54, 1.807) is 42.5 Å². The van der Waals surface area contributed by atoms with Crippen molar-refractivity contribution in [3.05, 3.63) is 120 Å². The minimum Gasteiger partial charge on any atom is -0.379 e. The molecule has 5 aromatic rings. The van der Waals surface area contributed by atoms with Crippen molar-refractivity contribution < 1.29 is 17.4 Å². The highest BCUT2D eigenvalue weighted by molar-refractivity contribution is 7.87. The molecule has 0 aliphatic carbocycles. The summed E-state index contributed by atoms with van der Waals surface area (Å²) < 4.78 is 30.9. The highest BCUT2D eigenvalue weighted by Crippen LogP contribution is 2.23. The molecule has 6 nitrogen and oxygen atoms in total. The first kappa shape index (κ1) is 22.3. The van der Waals surface area contributed by atoms with Gasteiger partial charge in [-0.05, 0) is 63.5 Å². The topological polar surface area (TPSA) is 84.8 Å². The molecule has 0 aromatic heterocycles. The fraction of sp³-hybridized carbons (Fsp3) is 0. The molecule has 1 N–H and O–H groups in total. The summed E-state index contributed by atoms with van der Waals surface area (Å²) in [4.78, 5) is 12.5. The van der Waals surface area contributed by atoms with Gasteiger partial charge in [-0.1, -0.05) is 72.8 Å². The molecule has 0 saturated heterocycles. The molecule has 0 unspecified atom stereocenters. The van der Waals surface area contributed by atoms with E-state index >= 15 is 0 Å². The predicted molar refractivity (Wildman–Crippen MR) is 137 cm³/mol. The number of amides is 1. The summed E-state index contributed by atoms with van der Waals surface area (Å²) in [5.74, 6) is -0.207. The van der Waals surface area contributed by atoms with Crippen molar-refractivity contribution in [2.24, 2.45) is 5.10 Å². The molecule has 0 saturated carbocycles. The third-order valence-electron chi connectivity index (χ3n) is 5.47. The lowest BCUT2D eigenvalue weighted by Gasteiger charge is -2.08. The summed E-state index contributed by atoms with van der Waals surface area (Å²) in [6.45, 7) is 0. The van der Waals surface area contributed by atoms with Crippen molar-refractivity contribution >= 4 is 43.8 Å². The number of benzene rings is 5. The summed E-state index contributed by atoms with van der Waals surface area (Å²) in [5.41, 5.74) is 3.54. The molecule has 0 aliphatic rings. The number of hydrazone groups is 1. The Morgan fingerprint density at radius 3 is 2.11 bits per heavy atom. The van der Waals surface area contributed by atoms with Crippen LogP contribution in [0.25, 0.3) is 21.5 Å². The lowest BCUT2D eigenvalue weighted by atomic mass is 10.1. The first-order chi connectivity index (χ1) is 17.0. The normalized spacial score (nSPS) is 11.7. The molecule has 1 amide bonds. The number of nitrogens with zero attached hydrogens (tertiary/aromatic N) is 1. The van der Waals surface area contributed by atoms with Gasteiger partial charge in [0, 0.05) is 5.56 Å². The quantitative estimate of drug-likeness (QED) is 0.197. The third-order valence-corrected chi connectivity index (χ3v) is 6.71. The van der Waals surface area contributed by atoms with Crippen molar-refractivity contribution in [1.82, 2.24) is 5.43 Å². The van der Waals surface area contributed by atoms with Crippen LogP contribution in [0.5, 0.6) is 5.75 Å². The molecule has 0 atom stereocenters. The van der Waals surface area contributed by atoms with Gasteiger partial charge in [0.2, 0.25) is 0 Å². The van der Waals surface area contributed by atoms with Gasteiger partial charge < -0.3 is 4.18 Å². The zero-order valence-corrected chi connectivity index (χ0v) is 19.3. The van der Waals surface area contributed by atoms with Gasteiger partial charge in [-0.15, -0.1) is 0 Å². The van der Waals surface area contributed by atoms with Gasteiger partial charge in [0.25, 0.3) is 5.91 Å². The van der Waals surface area contributed by atoms with E-state index in [9.17, 15) is 13.2 Å². The lowest BCUT2D eigenvalue weighted by Crippen LogP contribution is -2.17. The molecule has 0 heterocycles. The minimum absolute atomic E-state index is 0.0675. The van der Waals surface area contributed by atoms with Crippen LogP contribution in [0.4, 0.5) is 0 Å². The van der Waals surface area contributed by atoms with Gasteiger partial charge in [-0.2, -0.15) is 13.5 Å². The highest BCUT2D eigenvalue weighted by atomic mass is 32.2. The second-order valence-corrected chi connectivity index (χ2v) is 9.43. The molecule has 0 radical (unpaired) electrons. The Balaban J connectivity index is 1.28. The molecule has 5 aromatic carbocycles. The Bertz CT molecular complexity index is 1690. The van der Waals surface area contributed by atoms with Gasteiger partial charge in [0.05, 0.1) is 6.21 Å². The third kappa shape index (κ3) is 5.05. The largest absolute Gasteiger partial charge is 0.379 e. The number of hydrogen-bond acceptors (Lipinski definition) is 5. The summed E-state index contributed by atoms with van der Waals surface area (Å²) >= 11 is 0. The second-order valence-electron chi connectivity index (χ2n) is 7.88. The van der Waals surface area contributed by atoms with E-state index in [0.717, 1.165) is 21.5 Å². The van der Waals surface area contributed by atoms with Gasteiger partial charge in [0.1, 0.15) is 10.6 Å². The maximum atomic E-state index is 12.8. The fourth-order valence-electron chi connectivity index (χ4n) is 3.70. The highest BCUT2D eigenvalue weighted by Gasteiger charge is 2.17. The van der Waals surface area contributed by atoms with Crippen LogP contribution in [0, 0.1) is 0 Å². The van der Waals surface area contributed by atoms with Crippen molar-refractivity contribution in [2.45, 2.75) is 4.90 Å². The lowest BCUT2D eigenvalue weighted by molar-refractivity contribution is 0.0955. The molecular weight excluding hydrogens is 460 g/mol. The van der Waals surface area contributed by atoms with E-state index in [2.05, 4.69) is 10.5 Å². The predicted octanol–water partition coefficient (Wildman–Crippen LogP) is 5.52. The zero-order chi connectivity index (χ0) is 24.3. The SMILES string of the molecule is O=C(N/N=C\c1cccc(OS(=O)(=O)c2ccc3ccccc3c2)c1)c1ccc2ccccc2c1. The van der Waals surface area contributed by atoms with Gasteiger partial charge in [-0.25, -0.2) is 5.43 Å². The number of carbonyl (C=O) groups is 1. The minimum atomic E-state index is -4.02. The maximum absolute atomic E-state index is 12.8. The van der Waals surface area contributed by atoms with Crippen LogP contribution in [0.15, 0.2) is 119 Å². The first-order valence-electron chi connectivity index (χ1n) is 10.8. The number of nitrogens with one attached hydrogen (secondary N) is 1. The Labute approximate surface area is 202 Å². The molecule has 0 fully saturated rings. The Morgan fingerprint density at radius 1 is 0.714 bits per heavy atom. The van der Waals surface area contributed by atoms with Crippen LogP contribution in [0.1, 0.15) is 15.9 Å². The van der Waals surface area contributed by atoms with Crippen LogP contribution in [-0.4, -0.2) is 20.5 Å². The first-order valence-corrected chi connectivity index (χ1v) is 12.2. The van der Waals surface area contributed by atoms with E-state index in [1.165, 1.54) is 18.3 Å². The standard InChI is InChI=1S/C28H20N2O4S/c31-28(25-13-12-21-7-1-3-9-23(21)17-25)30-29-19-20-6-5-11-26(16-20)34-35(32,33)27-15-14-22-8-2-4-10-24(22)18-27/h1-19H,(H,30,31)/b29-19-. The van der Waals surface area contributed by atoms with E-state index in [1.807, 2.05) is 54.6 Å². The Morgan fingerprint density at radius 2 is 1.37 bits per heavy atom. The monoisotopic (exact) mass is 480 g/mol. The number of fused-ring (bicyclic) bond motifs is 2. The van der Waals surface area contributed by atoms with Crippen LogP contribution < -0.4 is 9.61 Å². The van der Waals surface area contributed by atoms with Gasteiger partial charge in [0.15, 0.2) is 0 Å². The molecule has 0 bridgehead atoms. The van der Waals surface area contributed by atoms with E-state index in [0.29, 0.717) is 11.1 Å². The summed E-state index contributed by atoms with van der Waals surface area (Å²) in [6, 6.07) is 32.0. The average molecular weight is 481 g/mol. The van der Waals surface area contributed by atoms with Crippen LogP contribution in [0.2, 0.25) is 0 Å². The average Bonchev–Trinajstić information content (AvgIpc) is 2.88. The van der Waals surface area contributed by atoms with Crippen molar-refractivity contribution in [2.75, 3.05) is 0 Å². The van der Waals surface area contributed by atoms with E-state index < -0.39 is 10.1 Å². The summed E-state index contributed by atoms with van der Waals surface area (Å²) in [5, 5.41) is 7.75. The van der Waals surface area contributed by atoms with E-state index in [-0.39, 0.29) is 16.6 Å². The van der Waals surface area contributed by atoms with Crippen LogP contribution in [-0.2, 0) is 10.1 Å². The van der Waals surface area contributed by atoms with Gasteiger partial charge >= 0.3 is 10.1 Å². The van der Waals surface area contributed by atoms with E-state index in [4.69, 9.17) is 4.18 Å². The van der Waals surface area contributed by atoms with Gasteiger partial charge in [-0.3, -0.25) is 4.79 Å². The Hall–Kier alpha value is -4.49. The second kappa shape index (κ2) is 9.40.